The highest BCUT2D eigenvalue weighted by Crippen LogP contribution is 2.39. The number of carbonyl (C=O) groups excluding carboxylic acids is 1. The maximum Gasteiger partial charge on any atom is 0.229 e. The Kier molecular flexibility index (Phi) is 3.83. The van der Waals surface area contributed by atoms with Gasteiger partial charge in [0.2, 0.25) is 11.8 Å². The van der Waals surface area contributed by atoms with Crippen LogP contribution >= 0.6 is 0 Å². The lowest BCUT2D eigenvalue weighted by Gasteiger charge is -2.28. The smallest absolute Gasteiger partial charge is 0.229 e. The fraction of sp³-hybridized carbons (Fsp3) is 0.471. The normalized spacial score (nSPS) is 22.6. The first-order chi connectivity index (χ1) is 11.3. The van der Waals surface area contributed by atoms with Gasteiger partial charge in [-0.3, -0.25) is 9.69 Å². The number of hydrogen-bond donors (Lipinski definition) is 1. The Bertz CT molecular complexity index is 681. The molecule has 2 heterocycles. The molecule has 23 heavy (non-hydrogen) atoms. The molecule has 0 spiro atoms. The van der Waals surface area contributed by atoms with Crippen LogP contribution in [0.5, 0.6) is 0 Å². The van der Waals surface area contributed by atoms with Crippen LogP contribution in [0.25, 0.3) is 0 Å². The van der Waals surface area contributed by atoms with Gasteiger partial charge in [-0.15, -0.1) is 0 Å². The summed E-state index contributed by atoms with van der Waals surface area (Å²) in [5, 5.41) is 7.06. The van der Waals surface area contributed by atoms with E-state index in [4.69, 9.17) is 4.52 Å². The Balaban J connectivity index is 1.56. The lowest BCUT2D eigenvalue weighted by atomic mass is 10.0. The predicted octanol–water partition coefficient (Wildman–Crippen LogP) is 2.01. The summed E-state index contributed by atoms with van der Waals surface area (Å²) in [7, 11) is 0. The van der Waals surface area contributed by atoms with E-state index in [-0.39, 0.29) is 11.9 Å². The van der Waals surface area contributed by atoms with Crippen molar-refractivity contribution in [2.75, 3.05) is 13.1 Å². The first-order valence-corrected chi connectivity index (χ1v) is 8.18. The molecule has 6 heteroatoms. The van der Waals surface area contributed by atoms with Gasteiger partial charge in [-0.1, -0.05) is 35.5 Å². The summed E-state index contributed by atoms with van der Waals surface area (Å²) in [6.07, 6.45) is 2.75. The van der Waals surface area contributed by atoms with Gasteiger partial charge in [0, 0.05) is 31.5 Å². The largest absolute Gasteiger partial charge is 0.355 e. The van der Waals surface area contributed by atoms with Crippen LogP contribution in [0.4, 0.5) is 0 Å². The molecule has 1 aromatic carbocycles. The highest BCUT2D eigenvalue weighted by molar-refractivity contribution is 5.77. The Morgan fingerprint density at radius 1 is 1.26 bits per heavy atom. The fourth-order valence-electron chi connectivity index (χ4n) is 3.07. The third-order valence-electron chi connectivity index (χ3n) is 4.48. The van der Waals surface area contributed by atoms with Crippen LogP contribution in [-0.2, 0) is 11.3 Å². The zero-order chi connectivity index (χ0) is 15.6. The van der Waals surface area contributed by atoms with E-state index in [2.05, 4.69) is 32.5 Å². The molecule has 2 fully saturated rings. The molecule has 6 nitrogen and oxygen atoms in total. The van der Waals surface area contributed by atoms with Gasteiger partial charge >= 0.3 is 0 Å². The van der Waals surface area contributed by atoms with Gasteiger partial charge in [0.1, 0.15) is 0 Å². The summed E-state index contributed by atoms with van der Waals surface area (Å²) in [6, 6.07) is 10.2. The van der Waals surface area contributed by atoms with Gasteiger partial charge < -0.3 is 9.84 Å². The van der Waals surface area contributed by atoms with Crippen molar-refractivity contribution in [2.24, 2.45) is 0 Å². The molecule has 4 rings (SSSR count). The summed E-state index contributed by atoms with van der Waals surface area (Å²) in [6.45, 7) is 2.03. The Morgan fingerprint density at radius 3 is 2.87 bits per heavy atom. The minimum absolute atomic E-state index is 0.0431. The van der Waals surface area contributed by atoms with Crippen LogP contribution in [-0.4, -0.2) is 34.0 Å². The van der Waals surface area contributed by atoms with E-state index >= 15 is 0 Å². The first kappa shape index (κ1) is 14.4. The monoisotopic (exact) mass is 312 g/mol. The molecule has 0 radical (unpaired) electrons. The van der Waals surface area contributed by atoms with Crippen molar-refractivity contribution in [2.45, 2.75) is 37.8 Å². The number of aromatic nitrogens is 2. The van der Waals surface area contributed by atoms with Crippen LogP contribution in [0.15, 0.2) is 34.9 Å². The minimum atomic E-state index is 0.0431. The third-order valence-corrected chi connectivity index (χ3v) is 4.48. The second kappa shape index (κ2) is 6.12. The van der Waals surface area contributed by atoms with E-state index in [1.807, 2.05) is 18.2 Å². The van der Waals surface area contributed by atoms with Crippen molar-refractivity contribution < 1.29 is 9.32 Å². The third kappa shape index (κ3) is 3.27. The Morgan fingerprint density at radius 2 is 2.09 bits per heavy atom. The molecule has 2 aromatic rings. The summed E-state index contributed by atoms with van der Waals surface area (Å²) < 4.78 is 5.35. The topological polar surface area (TPSA) is 71.3 Å². The zero-order valence-corrected chi connectivity index (χ0v) is 12.9. The number of benzene rings is 1. The number of amides is 1. The maximum absolute atomic E-state index is 12.0. The molecule has 1 atom stereocenters. The fourth-order valence-corrected chi connectivity index (χ4v) is 3.07. The van der Waals surface area contributed by atoms with Crippen LogP contribution in [0.1, 0.15) is 48.5 Å². The SMILES string of the molecule is O=C1C[C@@H](c2ccccc2)N(Cc2noc(C3CC3)n2)CCN1. The molecule has 1 N–H and O–H groups in total. The summed E-state index contributed by atoms with van der Waals surface area (Å²) in [4.78, 5) is 18.8. The molecule has 1 amide bonds. The van der Waals surface area contributed by atoms with Gasteiger partial charge in [0.05, 0.1) is 6.54 Å². The van der Waals surface area contributed by atoms with E-state index in [0.29, 0.717) is 31.3 Å². The molecule has 1 aliphatic heterocycles. The van der Waals surface area contributed by atoms with Crippen LogP contribution in [0, 0.1) is 0 Å². The number of rotatable bonds is 4. The highest BCUT2D eigenvalue weighted by Gasteiger charge is 2.31. The molecule has 1 saturated carbocycles. The zero-order valence-electron chi connectivity index (χ0n) is 12.9. The maximum atomic E-state index is 12.0. The lowest BCUT2D eigenvalue weighted by molar-refractivity contribution is -0.121. The minimum Gasteiger partial charge on any atom is -0.355 e. The van der Waals surface area contributed by atoms with E-state index < -0.39 is 0 Å². The van der Waals surface area contributed by atoms with Gasteiger partial charge in [-0.05, 0) is 18.4 Å². The molecule has 1 aliphatic carbocycles. The molecule has 0 unspecified atom stereocenters. The highest BCUT2D eigenvalue weighted by atomic mass is 16.5. The van der Waals surface area contributed by atoms with Gasteiger partial charge in [-0.2, -0.15) is 4.98 Å². The molecule has 1 saturated heterocycles. The Hall–Kier alpha value is -2.21. The molecule has 2 aliphatic rings. The Labute approximate surface area is 134 Å². The van der Waals surface area contributed by atoms with Gasteiger partial charge in [0.15, 0.2) is 5.82 Å². The van der Waals surface area contributed by atoms with E-state index in [1.54, 1.807) is 0 Å². The second-order valence-electron chi connectivity index (χ2n) is 6.27. The quantitative estimate of drug-likeness (QED) is 0.935. The predicted molar refractivity (Wildman–Crippen MR) is 83.5 cm³/mol. The lowest BCUT2D eigenvalue weighted by Crippen LogP contribution is -2.31. The molecular formula is C17H20N4O2. The second-order valence-corrected chi connectivity index (χ2v) is 6.27. The molecule has 0 bridgehead atoms. The average Bonchev–Trinajstić information content (AvgIpc) is 3.34. The van der Waals surface area contributed by atoms with E-state index in [9.17, 15) is 4.79 Å². The van der Waals surface area contributed by atoms with Crippen LogP contribution < -0.4 is 5.32 Å². The standard InChI is InChI=1S/C17H20N4O2/c22-16-10-14(12-4-2-1-3-5-12)21(9-8-18-16)11-15-19-17(23-20-15)13-6-7-13/h1-5,13-14H,6-11H2,(H,18,22)/t14-/m0/s1. The van der Waals surface area contributed by atoms with Gasteiger partial charge in [0.25, 0.3) is 0 Å². The molecule has 120 valence electrons. The molecular weight excluding hydrogens is 292 g/mol. The number of carbonyl (C=O) groups is 1. The van der Waals surface area contributed by atoms with E-state index in [1.165, 1.54) is 0 Å². The van der Waals surface area contributed by atoms with Crippen molar-refractivity contribution in [3.8, 4) is 0 Å². The van der Waals surface area contributed by atoms with E-state index in [0.717, 1.165) is 30.8 Å². The van der Waals surface area contributed by atoms with Gasteiger partial charge in [-0.25, -0.2) is 0 Å². The van der Waals surface area contributed by atoms with Crippen molar-refractivity contribution in [1.82, 2.24) is 20.4 Å². The number of nitrogens with one attached hydrogen (secondary N) is 1. The van der Waals surface area contributed by atoms with Crippen molar-refractivity contribution in [3.05, 3.63) is 47.6 Å². The number of hydrogen-bond acceptors (Lipinski definition) is 5. The van der Waals surface area contributed by atoms with Crippen molar-refractivity contribution >= 4 is 5.91 Å². The van der Waals surface area contributed by atoms with Crippen molar-refractivity contribution in [3.63, 3.8) is 0 Å². The number of nitrogens with zero attached hydrogens (tertiary/aromatic N) is 3. The van der Waals surface area contributed by atoms with Crippen molar-refractivity contribution in [1.29, 1.82) is 0 Å². The van der Waals surface area contributed by atoms with Crippen LogP contribution in [0.3, 0.4) is 0 Å². The first-order valence-electron chi connectivity index (χ1n) is 8.18. The summed E-state index contributed by atoms with van der Waals surface area (Å²) in [5.74, 6) is 2.03. The summed E-state index contributed by atoms with van der Waals surface area (Å²) in [5.41, 5.74) is 1.15. The van der Waals surface area contributed by atoms with Crippen LogP contribution in [0.2, 0.25) is 0 Å². The average molecular weight is 312 g/mol. The molecule has 1 aromatic heterocycles. The summed E-state index contributed by atoms with van der Waals surface area (Å²) >= 11 is 0.